The molecule has 15 atom stereocenters. The third-order valence-electron chi connectivity index (χ3n) is 25.2. The lowest BCUT2D eigenvalue weighted by Crippen LogP contribution is -2.46. The minimum Gasteiger partial charge on any atom is -0.493 e. The summed E-state index contributed by atoms with van der Waals surface area (Å²) in [5, 5.41) is 0. The summed E-state index contributed by atoms with van der Waals surface area (Å²) in [4.78, 5) is 88.0. The maximum Gasteiger partial charge on any atom is 0.161 e. The second-order valence-electron chi connectivity index (χ2n) is 35.7. The lowest BCUT2D eigenvalue weighted by atomic mass is 9.79. The Bertz CT molecular complexity index is 8750. The minimum absolute atomic E-state index is 0.00188. The van der Waals surface area contributed by atoms with Gasteiger partial charge in [-0.15, -0.1) is 0 Å². The molecule has 18 rings (SSSR count). The molecule has 6 fully saturated rings. The number of hydrogen-bond donors (Lipinski definition) is 0. The van der Waals surface area contributed by atoms with E-state index in [4.69, 9.17) is 154 Å². The van der Waals surface area contributed by atoms with Crippen LogP contribution in [-0.2, 0) is 67.3 Å². The molecule has 12 aliphatic rings. The molecule has 0 aliphatic carbocycles. The van der Waals surface area contributed by atoms with E-state index >= 15 is 0 Å². The van der Waals surface area contributed by atoms with E-state index < -0.39 is 366 Å². The van der Waals surface area contributed by atoms with Crippen molar-refractivity contribution in [2.45, 2.75) is 253 Å². The molecule has 12 aliphatic heterocycles. The van der Waals surface area contributed by atoms with Gasteiger partial charge in [-0.25, -0.2) is 0 Å². The van der Waals surface area contributed by atoms with E-state index in [-0.39, 0.29) is 242 Å². The first-order valence-corrected chi connectivity index (χ1v) is 45.9. The van der Waals surface area contributed by atoms with Crippen LogP contribution in [-0.4, -0.2) is 227 Å². The Kier molecular flexibility index (Phi) is 17.3. The van der Waals surface area contributed by atoms with Crippen LogP contribution in [0.4, 0.5) is 0 Å². The number of nitrogens with zero attached hydrogens (tertiary/aromatic N) is 6. The standard InChI is InChI=1S/3C20H29NO3.3C19H27NO3/c3*1-5-13(2)8-15-12-21-7-6-14-9-19(23-3)20(24-4)10-16(14)17(21)11-18(15)22;3*1-12(2)7-14-11-20-6-5-13-8-18(22-3)19(23-4)9-15(13)16(20)10-17(14)21/h3*9-10,13,15,17H,5-8,11-12H2,1-4H3;3*8-9,12,14,16H,5-7,10-11H2,1-4H3/i2D3,4D3,5D2,8D2,9D,10D,11D2,13D,15D;2D3,4D3,5D2,8D2,9D,10D,12D2,13D;2D3,4D3,5D2,8D2,9D,10D,13D;4D3,8D,9D,10D2,11D2,14D;4D3,8D,9D,10D2,14D;4D3,8D,9D,10D2,11D2. The minimum atomic E-state index is -3.78. The maximum absolute atomic E-state index is 13.7. The van der Waals surface area contributed by atoms with Crippen molar-refractivity contribution in [3.63, 3.8) is 0 Å². The van der Waals surface area contributed by atoms with Gasteiger partial charge >= 0.3 is 0 Å². The third-order valence-corrected chi connectivity index (χ3v) is 25.2. The summed E-state index contributed by atoms with van der Waals surface area (Å²) >= 11 is 0. The lowest BCUT2D eigenvalue weighted by molar-refractivity contribution is -0.130. The maximum atomic E-state index is 13.7. The molecule has 0 radical (unpaired) electrons. The van der Waals surface area contributed by atoms with Crippen molar-refractivity contribution in [3.05, 3.63) is 139 Å². The van der Waals surface area contributed by atoms with E-state index in [0.29, 0.717) is 31.5 Å². The van der Waals surface area contributed by atoms with Crippen molar-refractivity contribution in [2.75, 3.05) is 163 Å². The van der Waals surface area contributed by atoms with Crippen molar-refractivity contribution in [1.82, 2.24) is 29.4 Å². The van der Waals surface area contributed by atoms with Gasteiger partial charge in [0, 0.05) is 245 Å². The van der Waals surface area contributed by atoms with Gasteiger partial charge in [-0.2, -0.15) is 0 Å². The molecular formula is C117H168N6O18. The number of hydrogen-bond acceptors (Lipinski definition) is 24. The van der Waals surface area contributed by atoms with Crippen LogP contribution in [0.5, 0.6) is 69.0 Å². The molecule has 0 saturated carbocycles. The number of methoxy groups -OCH3 is 12. The van der Waals surface area contributed by atoms with E-state index in [9.17, 15) is 28.8 Å². The van der Waals surface area contributed by atoms with E-state index in [1.807, 2.05) is 27.7 Å². The van der Waals surface area contributed by atoms with Gasteiger partial charge in [0.2, 0.25) is 0 Å². The van der Waals surface area contributed by atoms with Crippen LogP contribution in [0.2, 0.25) is 0 Å². The van der Waals surface area contributed by atoms with Crippen LogP contribution in [0.3, 0.4) is 0 Å². The molecule has 15 unspecified atom stereocenters. The number of benzene rings is 6. The van der Waals surface area contributed by atoms with Crippen LogP contribution >= 0.6 is 0 Å². The monoisotopic (exact) mass is 2020 g/mol. The van der Waals surface area contributed by atoms with Crippen LogP contribution in [0.15, 0.2) is 72.5 Å². The number of carbonyl (C=O) groups is 6. The summed E-state index contributed by atoms with van der Waals surface area (Å²) in [6.45, 7) is -6.78. The molecule has 24 nitrogen and oxygen atoms in total. The van der Waals surface area contributed by atoms with E-state index in [0.717, 1.165) is 35.8 Å². The number of fused-ring (bicyclic) bond motifs is 18. The summed E-state index contributed by atoms with van der Waals surface area (Å²) in [6.07, 6.45) is -31.0. The van der Waals surface area contributed by atoms with Gasteiger partial charge in [-0.3, -0.25) is 58.2 Å². The molecule has 6 saturated heterocycles. The van der Waals surface area contributed by atoms with Crippen LogP contribution < -0.4 is 56.8 Å². The highest BCUT2D eigenvalue weighted by Gasteiger charge is 2.47. The zero-order chi connectivity index (χ0) is 163. The Hall–Kier alpha value is -9.30. The van der Waals surface area contributed by atoms with Gasteiger partial charge in [-0.05, 0) is 252 Å². The second-order valence-corrected chi connectivity index (χ2v) is 35.7. The summed E-state index contributed by atoms with van der Waals surface area (Å²) in [7, 11) is -10.8. The zero-order valence-corrected chi connectivity index (χ0v) is 81.1. The van der Waals surface area contributed by atoms with Crippen molar-refractivity contribution in [1.29, 1.82) is 0 Å². The van der Waals surface area contributed by atoms with Crippen LogP contribution in [0, 0.1) is 70.9 Å². The van der Waals surface area contributed by atoms with Crippen molar-refractivity contribution >= 4 is 34.7 Å². The molecule has 0 amide bonds. The Morgan fingerprint density at radius 1 is 0.312 bits per heavy atom. The number of carbonyl (C=O) groups excluding carboxylic acids is 6. The van der Waals surface area contributed by atoms with Gasteiger partial charge < -0.3 is 56.8 Å². The topological polar surface area (TPSA) is 233 Å². The highest BCUT2D eigenvalue weighted by molar-refractivity contribution is 5.86. The summed E-state index contributed by atoms with van der Waals surface area (Å²) in [5.74, 6) is -35.2. The molecule has 6 aromatic carbocycles. The molecule has 774 valence electrons. The van der Waals surface area contributed by atoms with Crippen molar-refractivity contribution in [2.24, 2.45) is 70.9 Å². The Morgan fingerprint density at radius 3 is 0.922 bits per heavy atom. The number of piperidine rings is 6. The Labute approximate surface area is 942 Å². The predicted octanol–water partition coefficient (Wildman–Crippen LogP) is 20.6. The molecular weight excluding hydrogens is 1780 g/mol. The largest absolute Gasteiger partial charge is 0.493 e. The first kappa shape index (κ1) is 48.8. The number of ether oxygens (including phenoxy) is 12. The van der Waals surface area contributed by atoms with Gasteiger partial charge in [0.15, 0.2) is 69.0 Å². The molecule has 0 aromatic heterocycles. The smallest absolute Gasteiger partial charge is 0.161 e. The van der Waals surface area contributed by atoms with Crippen molar-refractivity contribution in [3.8, 4) is 69.0 Å². The van der Waals surface area contributed by atoms with Crippen molar-refractivity contribution < 1.29 is 183 Å². The molecule has 0 N–H and O–H groups in total. The summed E-state index contributed by atoms with van der Waals surface area (Å²) in [6, 6.07) is -13.1. The lowest BCUT2D eigenvalue weighted by Gasteiger charge is -2.43. The summed E-state index contributed by atoms with van der Waals surface area (Å²) < 4.78 is 640. The highest BCUT2D eigenvalue weighted by atomic mass is 16.5. The average Bonchev–Trinajstić information content (AvgIpc) is 0.676. The highest BCUT2D eigenvalue weighted by Crippen LogP contribution is 2.51. The van der Waals surface area contributed by atoms with E-state index in [1.165, 1.54) is 33.3 Å². The molecule has 12 heterocycles. The van der Waals surface area contributed by atoms with Gasteiger partial charge in [0.25, 0.3) is 0 Å². The fraction of sp³-hybridized carbons (Fsp3) is 0.641. The fourth-order valence-corrected chi connectivity index (χ4v) is 18.4. The first-order chi connectivity index (χ1) is 95.3. The van der Waals surface area contributed by atoms with E-state index in [1.54, 1.807) is 23.6 Å². The molecule has 0 spiro atoms. The zero-order valence-electron chi connectivity index (χ0n) is 152. The fourth-order valence-electron chi connectivity index (χ4n) is 18.4. The Morgan fingerprint density at radius 2 is 0.574 bits per heavy atom. The normalized spacial score (nSPS) is 38.1. The quantitative estimate of drug-likeness (QED) is 0.0466. The van der Waals surface area contributed by atoms with Gasteiger partial charge in [-0.1, -0.05) is 102 Å². The molecule has 0 bridgehead atoms. The van der Waals surface area contributed by atoms with Crippen LogP contribution in [0.1, 0.15) is 379 Å². The van der Waals surface area contributed by atoms with E-state index in [2.05, 4.69) is 0 Å². The molecule has 24 heteroatoms. The number of ketones is 6. The van der Waals surface area contributed by atoms with Gasteiger partial charge in [0.1, 0.15) is 34.7 Å². The first-order valence-electron chi connectivity index (χ1n) is 81.4. The molecule has 141 heavy (non-hydrogen) atoms. The Balaban J connectivity index is 0.000000203. The predicted molar refractivity (Wildman–Crippen MR) is 555 cm³/mol. The summed E-state index contributed by atoms with van der Waals surface area (Å²) in [5.41, 5.74) is 0.832. The molecule has 6 aromatic rings. The third kappa shape index (κ3) is 25.6. The number of rotatable bonds is 27. The van der Waals surface area contributed by atoms with Gasteiger partial charge in [0.05, 0.1) is 126 Å². The SMILES string of the molecule is [2H]c1c2c(c([2H])c(OC([2H])([2H])[2H])c1OC)C1CC(=O)C(C([2H])([2H])C([2H])(C([2H])([2H])[2H])C([2H])([2H])C)C([2H])([2H])N1CC2.[2H]c1c2c(c([2H])c(OC([2H])([2H])[2H])c1OC)C1CC(=O)C(C([2H])([2H])C([2H])(C([2H])([2H])[2H])C([2H])([2H])C)CN1CC2.[2H]c1c2c(c([2H])c(OC([2H])([2H])[2H])c1OC)C1N(CC2)C([2H])([2H])C(CC(C)C)C(=O)C1([2H])[2H].[2H]c1c2c(c([2H])c(OC([2H])([2H])[2H])c1OC)C1N(CC2)C([2H])([2H])C([2H])(CC(C)C)C(=O)C1([2H])[2H].[2H]c1c2c(c([2H])c(OC([2H])([2H])[2H])c1OC)C1N(CC2)CC([2H])(C([2H])([2H])C([2H])(C([2H])([2H])[2H])C([2H])([2H])C)C(=O)C1([2H])[2H].[2H]c1c2c(c([2H])c(OC([2H])([2H])[2H])c1OC)C1N(CC2)CC([2H])(CC(C)C)C(=O)C1([2H])[2H]. The average molecular weight is 2020 g/mol. The van der Waals surface area contributed by atoms with Crippen LogP contribution in [0.25, 0.3) is 0 Å². The second kappa shape index (κ2) is 50.0. The number of Topliss-reactive ketones (excluding diaryl/α,β-unsaturated/α-hetero) is 6.